The van der Waals surface area contributed by atoms with Crippen LogP contribution in [0.4, 0.5) is 16.2 Å². The lowest BCUT2D eigenvalue weighted by molar-refractivity contribution is 0.0631. The molecule has 16 heteroatoms. The van der Waals surface area contributed by atoms with Crippen molar-refractivity contribution in [2.75, 3.05) is 31.4 Å². The predicted octanol–water partition coefficient (Wildman–Crippen LogP) is 5.67. The Bertz CT molecular complexity index is 1850. The van der Waals surface area contributed by atoms with Crippen LogP contribution in [0.1, 0.15) is 41.5 Å². The molecular weight excluding hydrogens is 660 g/mol. The van der Waals surface area contributed by atoms with E-state index >= 15 is 0 Å². The number of aromatic carboxylic acids is 2. The van der Waals surface area contributed by atoms with Crippen molar-refractivity contribution in [1.82, 2.24) is 0 Å². The molecule has 0 spiro atoms. The number of nitrogens with two attached hydrogens (primary N) is 1. The van der Waals surface area contributed by atoms with E-state index in [9.17, 15) is 14.4 Å². The molecule has 7 N–H and O–H groups in total. The third kappa shape index (κ3) is 9.43. The number of phenols is 2. The summed E-state index contributed by atoms with van der Waals surface area (Å²) >= 11 is 0. The zero-order valence-corrected chi connectivity index (χ0v) is 27.0. The van der Waals surface area contributed by atoms with Gasteiger partial charge in [-0.15, -0.1) is 0 Å². The van der Waals surface area contributed by atoms with Gasteiger partial charge in [0.25, 0.3) is 0 Å². The first-order valence-electron chi connectivity index (χ1n) is 14.6. The Hall–Kier alpha value is -6.71. The van der Waals surface area contributed by atoms with Crippen LogP contribution in [0.25, 0.3) is 0 Å². The van der Waals surface area contributed by atoms with Crippen LogP contribution in [0.2, 0.25) is 0 Å². The molecule has 3 heterocycles. The highest BCUT2D eigenvalue weighted by Gasteiger charge is 2.22. The fourth-order valence-electron chi connectivity index (χ4n) is 4.20. The summed E-state index contributed by atoms with van der Waals surface area (Å²) in [7, 11) is 0. The lowest BCUT2D eigenvalue weighted by Gasteiger charge is -2.19. The summed E-state index contributed by atoms with van der Waals surface area (Å²) in [5.74, 6) is 0.0972. The normalized spacial score (nSPS) is 12.5. The molecule has 16 nitrogen and oxygen atoms in total. The number of carboxylic acid groups (broad SMARTS) is 2. The molecule has 0 saturated heterocycles. The fourth-order valence-corrected chi connectivity index (χ4v) is 4.20. The number of carbonyl (C=O) groups excluding carboxylic acids is 1. The molecule has 264 valence electrons. The Morgan fingerprint density at radius 3 is 1.70 bits per heavy atom. The minimum atomic E-state index is -1.27. The molecule has 1 amide bonds. The summed E-state index contributed by atoms with van der Waals surface area (Å²) in [6.45, 7) is 5.97. The lowest BCUT2D eigenvalue weighted by atomic mass is 10.2. The number of nitrogen functional groups attached to an aromatic ring is 1. The number of carbonyl (C=O) groups is 3. The van der Waals surface area contributed by atoms with Crippen molar-refractivity contribution in [2.24, 2.45) is 0 Å². The predicted molar refractivity (Wildman–Crippen MR) is 176 cm³/mol. The maximum Gasteiger partial charge on any atom is 0.412 e. The average Bonchev–Trinajstić information content (AvgIpc) is 3.84. The van der Waals surface area contributed by atoms with Gasteiger partial charge < -0.3 is 59.3 Å². The molecule has 50 heavy (non-hydrogen) atoms. The molecule has 0 aliphatic carbocycles. The van der Waals surface area contributed by atoms with E-state index in [0.29, 0.717) is 40.1 Å². The number of aromatic hydroxyl groups is 2. The van der Waals surface area contributed by atoms with Gasteiger partial charge in [0.15, 0.2) is 46.0 Å². The first kappa shape index (κ1) is 36.1. The second-order valence-corrected chi connectivity index (χ2v) is 11.1. The molecule has 7 rings (SSSR count). The van der Waals surface area contributed by atoms with Gasteiger partial charge in [-0.3, -0.25) is 5.32 Å². The molecule has 0 radical (unpaired) electrons. The third-order valence-corrected chi connectivity index (χ3v) is 6.33. The number of phenolic OH excluding ortho intramolecular Hbond substituents is 1. The van der Waals surface area contributed by atoms with E-state index in [1.165, 1.54) is 24.3 Å². The van der Waals surface area contributed by atoms with Crippen LogP contribution >= 0.6 is 0 Å². The van der Waals surface area contributed by atoms with E-state index in [-0.39, 0.29) is 31.5 Å². The van der Waals surface area contributed by atoms with Gasteiger partial charge in [-0.25, -0.2) is 14.4 Å². The summed E-state index contributed by atoms with van der Waals surface area (Å²) < 4.78 is 35.8. The average molecular weight is 695 g/mol. The fraction of sp³-hybridized carbons (Fsp3) is 0.206. The Labute approximate surface area is 285 Å². The van der Waals surface area contributed by atoms with Crippen LogP contribution in [0.15, 0.2) is 72.8 Å². The second-order valence-electron chi connectivity index (χ2n) is 11.1. The molecule has 3 aliphatic heterocycles. The molecule has 0 fully saturated rings. The van der Waals surface area contributed by atoms with Crippen molar-refractivity contribution in [2.45, 2.75) is 26.4 Å². The Morgan fingerprint density at radius 1 is 0.660 bits per heavy atom. The van der Waals surface area contributed by atoms with Crippen LogP contribution in [0.3, 0.4) is 0 Å². The zero-order chi connectivity index (χ0) is 36.4. The summed E-state index contributed by atoms with van der Waals surface area (Å²) in [4.78, 5) is 32.5. The molecule has 0 saturated carbocycles. The maximum atomic E-state index is 11.6. The number of benzene rings is 4. The van der Waals surface area contributed by atoms with Crippen molar-refractivity contribution >= 4 is 29.4 Å². The van der Waals surface area contributed by atoms with Crippen LogP contribution in [0, 0.1) is 0 Å². The van der Waals surface area contributed by atoms with Crippen LogP contribution in [-0.4, -0.2) is 64.4 Å². The Kier molecular flexibility index (Phi) is 11.5. The highest BCUT2D eigenvalue weighted by atomic mass is 16.7. The molecule has 3 aliphatic rings. The van der Waals surface area contributed by atoms with Gasteiger partial charge in [0.2, 0.25) is 20.4 Å². The van der Waals surface area contributed by atoms with Gasteiger partial charge in [-0.1, -0.05) is 24.3 Å². The van der Waals surface area contributed by atoms with Gasteiger partial charge in [-0.2, -0.15) is 0 Å². The van der Waals surface area contributed by atoms with Gasteiger partial charge in [-0.05, 0) is 69.3 Å². The van der Waals surface area contributed by atoms with Crippen molar-refractivity contribution in [3.63, 3.8) is 0 Å². The largest absolute Gasteiger partial charge is 0.504 e. The third-order valence-electron chi connectivity index (χ3n) is 6.33. The van der Waals surface area contributed by atoms with E-state index in [4.69, 9.17) is 59.3 Å². The summed E-state index contributed by atoms with van der Waals surface area (Å²) in [6, 6.07) is 19.3. The number of rotatable bonds is 3. The van der Waals surface area contributed by atoms with Crippen molar-refractivity contribution in [3.8, 4) is 46.0 Å². The number of para-hydroxylation sites is 4. The van der Waals surface area contributed by atoms with Gasteiger partial charge >= 0.3 is 18.0 Å². The number of fused-ring (bicyclic) bond motifs is 3. The molecule has 0 unspecified atom stereocenters. The van der Waals surface area contributed by atoms with Crippen LogP contribution < -0.4 is 39.5 Å². The molecule has 0 bridgehead atoms. The lowest BCUT2D eigenvalue weighted by Crippen LogP contribution is -2.27. The number of hydrogen-bond donors (Lipinski definition) is 6. The first-order valence-corrected chi connectivity index (χ1v) is 14.6. The summed E-state index contributed by atoms with van der Waals surface area (Å²) in [6.07, 6.45) is -0.513. The molecule has 4 aromatic rings. The van der Waals surface area contributed by atoms with Crippen LogP contribution in [0.5, 0.6) is 46.0 Å². The molecular formula is C34H34N2O14. The number of ether oxygens (including phenoxy) is 7. The Balaban J connectivity index is 0.000000153. The zero-order valence-electron chi connectivity index (χ0n) is 27.0. The number of amides is 1. The van der Waals surface area contributed by atoms with Gasteiger partial charge in [0.1, 0.15) is 16.7 Å². The monoisotopic (exact) mass is 694 g/mol. The van der Waals surface area contributed by atoms with Crippen LogP contribution in [-0.2, 0) is 4.74 Å². The van der Waals surface area contributed by atoms with Crippen molar-refractivity contribution < 1.29 is 68.0 Å². The highest BCUT2D eigenvalue weighted by Crippen LogP contribution is 2.39. The molecule has 0 atom stereocenters. The smallest absolute Gasteiger partial charge is 0.412 e. The maximum absolute atomic E-state index is 11.6. The first-order chi connectivity index (χ1) is 23.7. The highest BCUT2D eigenvalue weighted by molar-refractivity contribution is 5.92. The van der Waals surface area contributed by atoms with Crippen molar-refractivity contribution in [1.29, 1.82) is 0 Å². The SMILES string of the molecule is CC(C)(C)OC(=O)Nc1cccc2c1OCO2.Nc1cccc2c1OCO2.O=C(O)c1cccc(O)c1O.O=C(O)c1cccc2c1OCO2. The van der Waals surface area contributed by atoms with E-state index < -0.39 is 35.1 Å². The molecule has 4 aromatic carbocycles. The Morgan fingerprint density at radius 2 is 1.14 bits per heavy atom. The summed E-state index contributed by atoms with van der Waals surface area (Å²) in [5, 5.41) is 37.5. The minimum Gasteiger partial charge on any atom is -0.504 e. The topological polar surface area (TPSA) is 235 Å². The summed E-state index contributed by atoms with van der Waals surface area (Å²) in [5.41, 5.74) is 6.07. The number of nitrogens with one attached hydrogen (secondary N) is 1. The number of anilines is 2. The van der Waals surface area contributed by atoms with E-state index in [0.717, 1.165) is 5.75 Å². The second kappa shape index (κ2) is 15.9. The van der Waals surface area contributed by atoms with E-state index in [1.54, 1.807) is 36.4 Å². The van der Waals surface area contributed by atoms with Gasteiger partial charge in [0.05, 0.1) is 11.4 Å². The molecule has 0 aromatic heterocycles. The quantitative estimate of drug-likeness (QED) is 0.112. The van der Waals surface area contributed by atoms with Gasteiger partial charge in [0, 0.05) is 0 Å². The van der Waals surface area contributed by atoms with E-state index in [1.807, 2.05) is 32.9 Å². The number of carboxylic acids is 2. The van der Waals surface area contributed by atoms with Crippen molar-refractivity contribution in [3.05, 3.63) is 83.9 Å². The van der Waals surface area contributed by atoms with E-state index in [2.05, 4.69) is 5.32 Å². The number of hydrogen-bond acceptors (Lipinski definition) is 13. The minimum absolute atomic E-state index is 0.0969. The standard InChI is InChI=1S/C12H15NO4.C8H6O4.C7H7NO2.C7H6O4/c1-12(2,3)17-11(14)13-8-5-4-6-9-10(8)16-7-15-9;9-8(10)5-2-1-3-6-7(5)12-4-11-6;8-5-2-1-3-6-7(5)10-4-9-6;8-5-3-1-2-4(6(5)9)7(10)11/h4-6H,7H2,1-3H3,(H,13,14);1-3H,4H2,(H,9,10);1-3H,4,8H2;1-3,8-9H,(H,10,11).